The number of amides is 1. The Bertz CT molecular complexity index is 1280. The smallest absolute Gasteiger partial charge is 0.257 e. The molecule has 3 aromatic carbocycles. The Hall–Kier alpha value is -3.30. The molecule has 3 aromatic rings. The number of hydrogen-bond acceptors (Lipinski definition) is 5. The second-order valence-corrected chi connectivity index (χ2v) is 9.33. The first kappa shape index (κ1) is 24.3. The molecule has 174 valence electrons. The molecule has 0 aliphatic heterocycles. The molecule has 0 aliphatic carbocycles. The normalized spacial score (nSPS) is 11.1. The second-order valence-electron chi connectivity index (χ2n) is 7.02. The monoisotopic (exact) mass is 492 g/mol. The molecule has 0 saturated carbocycles. The van der Waals surface area contributed by atoms with E-state index in [0.29, 0.717) is 10.7 Å². The third kappa shape index (κ3) is 5.55. The maximum Gasteiger partial charge on any atom is 0.257 e. The molecule has 1 amide bonds. The first-order valence-corrected chi connectivity index (χ1v) is 11.9. The van der Waals surface area contributed by atoms with E-state index in [4.69, 9.17) is 21.1 Å². The van der Waals surface area contributed by atoms with Gasteiger partial charge in [0.25, 0.3) is 5.91 Å². The Morgan fingerprint density at radius 3 is 2.24 bits per heavy atom. The number of ether oxygens (including phenoxy) is 2. The number of para-hydroxylation sites is 1. The summed E-state index contributed by atoms with van der Waals surface area (Å²) in [6.45, 7) is -0.340. The largest absolute Gasteiger partial charge is 0.493 e. The molecule has 10 heteroatoms. The number of benzene rings is 3. The fourth-order valence-electron chi connectivity index (χ4n) is 3.17. The van der Waals surface area contributed by atoms with Gasteiger partial charge in [0.05, 0.1) is 49.0 Å². The van der Waals surface area contributed by atoms with E-state index in [2.05, 4.69) is 5.32 Å². The topological polar surface area (TPSA) is 84.9 Å². The molecule has 3 rings (SSSR count). The van der Waals surface area contributed by atoms with Gasteiger partial charge in [-0.15, -0.1) is 0 Å². The lowest BCUT2D eigenvalue weighted by Gasteiger charge is -2.26. The third-order valence-electron chi connectivity index (χ3n) is 4.81. The Morgan fingerprint density at radius 1 is 1.03 bits per heavy atom. The van der Waals surface area contributed by atoms with Gasteiger partial charge in [0.2, 0.25) is 10.0 Å². The molecule has 0 aliphatic rings. The van der Waals surface area contributed by atoms with Gasteiger partial charge in [0.1, 0.15) is 5.82 Å². The summed E-state index contributed by atoms with van der Waals surface area (Å²) in [4.78, 5) is 13.2. The summed E-state index contributed by atoms with van der Waals surface area (Å²) in [5.74, 6) is -0.802. The highest BCUT2D eigenvalue weighted by Gasteiger charge is 2.27. The van der Waals surface area contributed by atoms with Crippen molar-refractivity contribution in [3.8, 4) is 11.5 Å². The minimum Gasteiger partial charge on any atom is -0.493 e. The Morgan fingerprint density at radius 2 is 1.64 bits per heavy atom. The number of nitrogens with one attached hydrogen (secondary N) is 1. The molecule has 0 atom stereocenters. The van der Waals surface area contributed by atoms with E-state index in [-0.39, 0.29) is 34.9 Å². The van der Waals surface area contributed by atoms with Gasteiger partial charge in [0, 0.05) is 11.6 Å². The third-order valence-corrected chi connectivity index (χ3v) is 6.27. The predicted molar refractivity (Wildman–Crippen MR) is 126 cm³/mol. The van der Waals surface area contributed by atoms with Crippen molar-refractivity contribution in [1.82, 2.24) is 0 Å². The lowest BCUT2D eigenvalue weighted by atomic mass is 10.1. The van der Waals surface area contributed by atoms with Crippen molar-refractivity contribution in [2.45, 2.75) is 6.54 Å². The highest BCUT2D eigenvalue weighted by atomic mass is 35.5. The quantitative estimate of drug-likeness (QED) is 0.492. The summed E-state index contributed by atoms with van der Waals surface area (Å²) < 4.78 is 51.4. The lowest BCUT2D eigenvalue weighted by Crippen LogP contribution is -2.32. The minimum atomic E-state index is -3.95. The van der Waals surface area contributed by atoms with Crippen LogP contribution in [0.3, 0.4) is 0 Å². The number of halogens is 2. The summed E-state index contributed by atoms with van der Waals surface area (Å²) >= 11 is 6.15. The molecule has 0 spiro atoms. The molecule has 0 unspecified atom stereocenters. The molecule has 0 heterocycles. The molecule has 0 radical (unpaired) electrons. The number of carbonyl (C=O) groups excluding carboxylic acids is 1. The summed E-state index contributed by atoms with van der Waals surface area (Å²) in [5, 5.41) is 2.98. The van der Waals surface area contributed by atoms with Gasteiger partial charge in [-0.05, 0) is 24.3 Å². The van der Waals surface area contributed by atoms with E-state index in [1.54, 1.807) is 30.3 Å². The van der Waals surface area contributed by atoms with Crippen LogP contribution >= 0.6 is 11.6 Å². The van der Waals surface area contributed by atoms with Crippen molar-refractivity contribution in [3.05, 3.63) is 82.6 Å². The van der Waals surface area contributed by atoms with E-state index < -0.39 is 21.7 Å². The Labute approximate surface area is 196 Å². The second kappa shape index (κ2) is 10.1. The SMILES string of the molecule is COc1cc(C(=O)Nc2ccccc2Cl)c(N(Cc2ccccc2F)S(C)(=O)=O)cc1OC. The summed E-state index contributed by atoms with van der Waals surface area (Å²) in [5.41, 5.74) is 0.428. The number of nitrogens with zero attached hydrogens (tertiary/aromatic N) is 1. The maximum atomic E-state index is 14.3. The van der Waals surface area contributed by atoms with Gasteiger partial charge >= 0.3 is 0 Å². The van der Waals surface area contributed by atoms with E-state index in [1.165, 1.54) is 44.6 Å². The van der Waals surface area contributed by atoms with Crippen LogP contribution in [0.2, 0.25) is 5.02 Å². The zero-order chi connectivity index (χ0) is 24.2. The molecule has 0 saturated heterocycles. The van der Waals surface area contributed by atoms with E-state index in [0.717, 1.165) is 10.6 Å². The fourth-order valence-corrected chi connectivity index (χ4v) is 4.24. The molecule has 0 bridgehead atoms. The number of methoxy groups -OCH3 is 2. The van der Waals surface area contributed by atoms with E-state index in [9.17, 15) is 17.6 Å². The molecule has 0 aromatic heterocycles. The highest BCUT2D eigenvalue weighted by molar-refractivity contribution is 7.92. The average molecular weight is 493 g/mol. The van der Waals surface area contributed by atoms with Crippen LogP contribution in [0.15, 0.2) is 60.7 Å². The van der Waals surface area contributed by atoms with Gasteiger partial charge in [-0.2, -0.15) is 0 Å². The molecule has 0 fully saturated rings. The highest BCUT2D eigenvalue weighted by Crippen LogP contribution is 2.37. The standard InChI is InChI=1S/C23H22ClFN2O5S/c1-31-21-12-16(23(28)26-19-11-7-5-9-17(19)24)20(13-22(21)32-2)27(33(3,29)30)14-15-8-4-6-10-18(15)25/h4-13H,14H2,1-3H3,(H,26,28). The van der Waals surface area contributed by atoms with Gasteiger partial charge in [-0.1, -0.05) is 41.9 Å². The zero-order valence-electron chi connectivity index (χ0n) is 18.1. The van der Waals surface area contributed by atoms with Crippen LogP contribution in [0.4, 0.5) is 15.8 Å². The molecule has 33 heavy (non-hydrogen) atoms. The summed E-state index contributed by atoms with van der Waals surface area (Å²) in [6.07, 6.45) is 0.973. The van der Waals surface area contributed by atoms with Crippen molar-refractivity contribution in [1.29, 1.82) is 0 Å². The average Bonchev–Trinajstić information content (AvgIpc) is 2.78. The van der Waals surface area contributed by atoms with Crippen LogP contribution in [0, 0.1) is 5.82 Å². The van der Waals surface area contributed by atoms with Gasteiger partial charge in [0.15, 0.2) is 11.5 Å². The number of anilines is 2. The van der Waals surface area contributed by atoms with E-state index >= 15 is 0 Å². The molecule has 7 nitrogen and oxygen atoms in total. The predicted octanol–water partition coefficient (Wildman–Crippen LogP) is 4.71. The molecular weight excluding hydrogens is 471 g/mol. The minimum absolute atomic E-state index is 0.0112. The first-order chi connectivity index (χ1) is 15.7. The van der Waals surface area contributed by atoms with E-state index in [1.807, 2.05) is 0 Å². The number of hydrogen-bond donors (Lipinski definition) is 1. The maximum absolute atomic E-state index is 14.3. The summed E-state index contributed by atoms with van der Waals surface area (Å²) in [6, 6.07) is 15.1. The number of rotatable bonds is 8. The van der Waals surface area contributed by atoms with Gasteiger partial charge in [-0.25, -0.2) is 12.8 Å². The Kier molecular flexibility index (Phi) is 7.45. The molecule has 1 N–H and O–H groups in total. The van der Waals surface area contributed by atoms with Crippen molar-refractivity contribution in [3.63, 3.8) is 0 Å². The van der Waals surface area contributed by atoms with Crippen molar-refractivity contribution in [2.75, 3.05) is 30.1 Å². The van der Waals surface area contributed by atoms with Crippen LogP contribution in [0.5, 0.6) is 11.5 Å². The van der Waals surface area contributed by atoms with Crippen LogP contribution in [-0.4, -0.2) is 34.8 Å². The zero-order valence-corrected chi connectivity index (χ0v) is 19.7. The lowest BCUT2D eigenvalue weighted by molar-refractivity contribution is 0.102. The molecular formula is C23H22ClFN2O5S. The van der Waals surface area contributed by atoms with Gasteiger partial charge in [-0.3, -0.25) is 9.10 Å². The van der Waals surface area contributed by atoms with Crippen LogP contribution < -0.4 is 19.1 Å². The van der Waals surface area contributed by atoms with Crippen molar-refractivity contribution in [2.24, 2.45) is 0 Å². The number of sulfonamides is 1. The van der Waals surface area contributed by atoms with Crippen LogP contribution in [0.25, 0.3) is 0 Å². The van der Waals surface area contributed by atoms with Gasteiger partial charge < -0.3 is 14.8 Å². The van der Waals surface area contributed by atoms with Crippen LogP contribution in [0.1, 0.15) is 15.9 Å². The first-order valence-electron chi connectivity index (χ1n) is 9.68. The fraction of sp³-hybridized carbons (Fsp3) is 0.174. The summed E-state index contributed by atoms with van der Waals surface area (Å²) in [7, 11) is -1.18. The Balaban J connectivity index is 2.17. The van der Waals surface area contributed by atoms with Crippen LogP contribution in [-0.2, 0) is 16.6 Å². The van der Waals surface area contributed by atoms with Crippen molar-refractivity contribution < 1.29 is 27.1 Å². The van der Waals surface area contributed by atoms with Crippen molar-refractivity contribution >= 4 is 38.9 Å². The number of carbonyl (C=O) groups is 1.